The number of hydrogen-bond acceptors (Lipinski definition) is 4. The van der Waals surface area contributed by atoms with Crippen molar-refractivity contribution in [3.8, 4) is 5.75 Å². The van der Waals surface area contributed by atoms with Crippen LogP contribution in [0.3, 0.4) is 0 Å². The zero-order chi connectivity index (χ0) is 20.2. The van der Waals surface area contributed by atoms with Gasteiger partial charge >= 0.3 is 0 Å². The molecule has 1 N–H and O–H groups in total. The maximum absolute atomic E-state index is 12.8. The summed E-state index contributed by atoms with van der Waals surface area (Å²) in [6.07, 6.45) is 3.99. The number of benzene rings is 2. The lowest BCUT2D eigenvalue weighted by Crippen LogP contribution is -2.29. The van der Waals surface area contributed by atoms with E-state index >= 15 is 0 Å². The number of para-hydroxylation sites is 1. The summed E-state index contributed by atoms with van der Waals surface area (Å²) in [6, 6.07) is 16.7. The average Bonchev–Trinajstić information content (AvgIpc) is 3.16. The molecule has 0 aliphatic carbocycles. The molecule has 0 radical (unpaired) electrons. The zero-order valence-electron chi connectivity index (χ0n) is 16.1. The van der Waals surface area contributed by atoms with Crippen LogP contribution < -0.4 is 15.0 Å². The van der Waals surface area contributed by atoms with Gasteiger partial charge in [0.1, 0.15) is 5.75 Å². The van der Waals surface area contributed by atoms with Crippen LogP contribution in [0, 0.1) is 6.92 Å². The van der Waals surface area contributed by atoms with E-state index < -0.39 is 0 Å². The Morgan fingerprint density at radius 1 is 1.14 bits per heavy atom. The molecule has 0 unspecified atom stereocenters. The lowest BCUT2D eigenvalue weighted by atomic mass is 10.1. The first-order valence-electron chi connectivity index (χ1n) is 9.45. The fourth-order valence-corrected chi connectivity index (χ4v) is 3.37. The number of pyridine rings is 1. The van der Waals surface area contributed by atoms with E-state index in [2.05, 4.69) is 10.3 Å². The highest BCUT2D eigenvalue weighted by Gasteiger charge is 2.26. The van der Waals surface area contributed by atoms with Crippen LogP contribution in [-0.4, -0.2) is 29.9 Å². The first kappa shape index (κ1) is 18.7. The van der Waals surface area contributed by atoms with Gasteiger partial charge in [0.25, 0.3) is 11.8 Å². The van der Waals surface area contributed by atoms with E-state index in [0.29, 0.717) is 23.5 Å². The molecular formula is C23H21N3O3. The molecular weight excluding hydrogens is 366 g/mol. The Morgan fingerprint density at radius 3 is 2.79 bits per heavy atom. The normalized spacial score (nSPS) is 12.4. The topological polar surface area (TPSA) is 71.5 Å². The SMILES string of the molecule is Cc1ccccc1OCC(=O)Nc1ccc2c(c1)N(C(=O)c1cccnc1)CC2. The lowest BCUT2D eigenvalue weighted by Gasteiger charge is -2.18. The lowest BCUT2D eigenvalue weighted by molar-refractivity contribution is -0.118. The molecule has 1 aromatic heterocycles. The minimum atomic E-state index is -0.253. The Balaban J connectivity index is 1.44. The summed E-state index contributed by atoms with van der Waals surface area (Å²) in [5.41, 5.74) is 4.05. The molecule has 4 rings (SSSR count). The van der Waals surface area contributed by atoms with E-state index in [1.165, 1.54) is 0 Å². The van der Waals surface area contributed by atoms with Gasteiger partial charge in [0, 0.05) is 30.3 Å². The second-order valence-corrected chi connectivity index (χ2v) is 6.89. The second-order valence-electron chi connectivity index (χ2n) is 6.89. The summed E-state index contributed by atoms with van der Waals surface area (Å²) in [4.78, 5) is 30.9. The Hall–Kier alpha value is -3.67. The monoisotopic (exact) mass is 387 g/mol. The predicted octanol–water partition coefficient (Wildman–Crippen LogP) is 3.61. The number of carbonyl (C=O) groups is 2. The predicted molar refractivity (Wildman–Crippen MR) is 111 cm³/mol. The highest BCUT2D eigenvalue weighted by atomic mass is 16.5. The number of carbonyl (C=O) groups excluding carboxylic acids is 2. The van der Waals surface area contributed by atoms with E-state index in [4.69, 9.17) is 4.74 Å². The van der Waals surface area contributed by atoms with Crippen molar-refractivity contribution in [2.75, 3.05) is 23.4 Å². The van der Waals surface area contributed by atoms with Gasteiger partial charge in [0.2, 0.25) is 0 Å². The fraction of sp³-hybridized carbons (Fsp3) is 0.174. The van der Waals surface area contributed by atoms with Crippen molar-refractivity contribution in [2.45, 2.75) is 13.3 Å². The third-order valence-electron chi connectivity index (χ3n) is 4.87. The summed E-state index contributed by atoms with van der Waals surface area (Å²) in [6.45, 7) is 2.46. The van der Waals surface area contributed by atoms with Crippen LogP contribution >= 0.6 is 0 Å². The Bertz CT molecular complexity index is 1050. The van der Waals surface area contributed by atoms with Crippen LogP contribution in [-0.2, 0) is 11.2 Å². The molecule has 0 spiro atoms. The average molecular weight is 387 g/mol. The van der Waals surface area contributed by atoms with E-state index in [-0.39, 0.29) is 18.4 Å². The van der Waals surface area contributed by atoms with Gasteiger partial charge in [0.05, 0.1) is 5.56 Å². The highest BCUT2D eigenvalue weighted by Crippen LogP contribution is 2.32. The number of anilines is 2. The van der Waals surface area contributed by atoms with Crippen LogP contribution in [0.5, 0.6) is 5.75 Å². The fourth-order valence-electron chi connectivity index (χ4n) is 3.37. The van der Waals surface area contributed by atoms with Crippen molar-refractivity contribution < 1.29 is 14.3 Å². The summed E-state index contributed by atoms with van der Waals surface area (Å²) in [5.74, 6) is 0.337. The van der Waals surface area contributed by atoms with Gasteiger partial charge in [-0.3, -0.25) is 14.6 Å². The smallest absolute Gasteiger partial charge is 0.262 e. The van der Waals surface area contributed by atoms with Gasteiger partial charge in [0.15, 0.2) is 6.61 Å². The molecule has 6 heteroatoms. The molecule has 0 atom stereocenters. The molecule has 29 heavy (non-hydrogen) atoms. The third-order valence-corrected chi connectivity index (χ3v) is 4.87. The maximum Gasteiger partial charge on any atom is 0.262 e. The van der Waals surface area contributed by atoms with Crippen LogP contribution in [0.25, 0.3) is 0 Å². The van der Waals surface area contributed by atoms with Crippen molar-refractivity contribution in [3.63, 3.8) is 0 Å². The third kappa shape index (κ3) is 4.11. The van der Waals surface area contributed by atoms with Crippen LogP contribution in [0.2, 0.25) is 0 Å². The van der Waals surface area contributed by atoms with Gasteiger partial charge in [-0.05, 0) is 54.8 Å². The molecule has 1 aliphatic rings. The molecule has 3 aromatic rings. The molecule has 2 amide bonds. The number of hydrogen-bond donors (Lipinski definition) is 1. The van der Waals surface area contributed by atoms with Gasteiger partial charge in [-0.25, -0.2) is 0 Å². The Kier molecular flexibility index (Phi) is 5.24. The number of nitrogens with zero attached hydrogens (tertiary/aromatic N) is 2. The minimum absolute atomic E-state index is 0.0831. The number of rotatable bonds is 5. The van der Waals surface area contributed by atoms with Crippen molar-refractivity contribution in [2.24, 2.45) is 0 Å². The van der Waals surface area contributed by atoms with E-state index in [9.17, 15) is 9.59 Å². The van der Waals surface area contributed by atoms with Crippen molar-refractivity contribution >= 4 is 23.2 Å². The van der Waals surface area contributed by atoms with Gasteiger partial charge in [-0.1, -0.05) is 24.3 Å². The molecule has 6 nitrogen and oxygen atoms in total. The summed E-state index contributed by atoms with van der Waals surface area (Å²) in [5, 5.41) is 2.85. The molecule has 0 fully saturated rings. The first-order chi connectivity index (χ1) is 14.1. The van der Waals surface area contributed by atoms with E-state index in [0.717, 1.165) is 23.2 Å². The summed E-state index contributed by atoms with van der Waals surface area (Å²) < 4.78 is 5.60. The van der Waals surface area contributed by atoms with Gasteiger partial charge in [-0.15, -0.1) is 0 Å². The molecule has 1 aliphatic heterocycles. The molecule has 2 heterocycles. The van der Waals surface area contributed by atoms with E-state index in [1.807, 2.05) is 49.4 Å². The number of nitrogens with one attached hydrogen (secondary N) is 1. The second kappa shape index (κ2) is 8.14. The number of fused-ring (bicyclic) bond motifs is 1. The number of aromatic nitrogens is 1. The number of amides is 2. The highest BCUT2D eigenvalue weighted by molar-refractivity contribution is 6.07. The van der Waals surface area contributed by atoms with Gasteiger partial charge in [-0.2, -0.15) is 0 Å². The van der Waals surface area contributed by atoms with Crippen molar-refractivity contribution in [1.29, 1.82) is 0 Å². The molecule has 0 saturated carbocycles. The Labute approximate surface area is 169 Å². The first-order valence-corrected chi connectivity index (χ1v) is 9.45. The Morgan fingerprint density at radius 2 is 2.00 bits per heavy atom. The van der Waals surface area contributed by atoms with Gasteiger partial charge < -0.3 is 15.0 Å². The molecule has 0 bridgehead atoms. The quantitative estimate of drug-likeness (QED) is 0.726. The molecule has 0 saturated heterocycles. The van der Waals surface area contributed by atoms with Crippen LogP contribution in [0.4, 0.5) is 11.4 Å². The number of ether oxygens (including phenoxy) is 1. The molecule has 2 aromatic carbocycles. The van der Waals surface area contributed by atoms with Crippen molar-refractivity contribution in [1.82, 2.24) is 4.98 Å². The largest absolute Gasteiger partial charge is 0.483 e. The summed E-state index contributed by atoms with van der Waals surface area (Å²) in [7, 11) is 0. The van der Waals surface area contributed by atoms with Crippen LogP contribution in [0.15, 0.2) is 67.0 Å². The molecule has 146 valence electrons. The zero-order valence-corrected chi connectivity index (χ0v) is 16.1. The maximum atomic E-state index is 12.8. The minimum Gasteiger partial charge on any atom is -0.483 e. The number of aryl methyl sites for hydroxylation is 1. The standard InChI is InChI=1S/C23H21N3O3/c1-16-5-2-3-7-21(16)29-15-22(27)25-19-9-8-17-10-12-26(20(17)13-19)23(28)18-6-4-11-24-14-18/h2-9,11,13-14H,10,12,15H2,1H3,(H,25,27). The summed E-state index contributed by atoms with van der Waals surface area (Å²) >= 11 is 0. The van der Waals surface area contributed by atoms with Crippen LogP contribution in [0.1, 0.15) is 21.5 Å². The van der Waals surface area contributed by atoms with E-state index in [1.54, 1.807) is 29.4 Å². The van der Waals surface area contributed by atoms with Crippen molar-refractivity contribution in [3.05, 3.63) is 83.7 Å².